The summed E-state index contributed by atoms with van der Waals surface area (Å²) in [7, 11) is 0. The van der Waals surface area contributed by atoms with E-state index in [0.29, 0.717) is 22.0 Å². The fraction of sp³-hybridized carbons (Fsp3) is 0.348. The third-order valence-corrected chi connectivity index (χ3v) is 7.35. The number of carbonyl (C=O) groups excluding carboxylic acids is 3. The predicted octanol–water partition coefficient (Wildman–Crippen LogP) is 4.20. The zero-order valence-corrected chi connectivity index (χ0v) is 19.7. The van der Waals surface area contributed by atoms with Gasteiger partial charge in [-0.2, -0.15) is 0 Å². The molecule has 1 N–H and O–H groups in total. The molecule has 2 aromatic rings. The quantitative estimate of drug-likeness (QED) is 0.601. The van der Waals surface area contributed by atoms with Crippen molar-refractivity contribution in [3.05, 3.63) is 57.0 Å². The molecule has 166 valence electrons. The molecule has 7 nitrogen and oxygen atoms in total. The standard InChI is InChI=1S/C23H20BrClN2O5/c1-3-31-21(29)18-15-10-32-17-7-4-11(24)8-14(17)19(15)27-20(28)13-6-5-12(25)9-16(13)26-22(30)23(18,27)2/h4-9,15,18-19H,3,10H2,1-2H3,(H,26,30)/t15?,18?,19?,23-/m1/s1. The smallest absolute Gasteiger partial charge is 0.312 e. The number of benzene rings is 2. The van der Waals surface area contributed by atoms with E-state index in [2.05, 4.69) is 21.2 Å². The number of halogens is 2. The molecule has 3 heterocycles. The Kier molecular flexibility index (Phi) is 4.98. The summed E-state index contributed by atoms with van der Waals surface area (Å²) in [5.74, 6) is -2.09. The topological polar surface area (TPSA) is 84.9 Å². The third-order valence-electron chi connectivity index (χ3n) is 6.62. The van der Waals surface area contributed by atoms with Crippen molar-refractivity contribution in [2.45, 2.75) is 25.4 Å². The van der Waals surface area contributed by atoms with Crippen LogP contribution in [-0.2, 0) is 14.3 Å². The lowest BCUT2D eigenvalue weighted by Gasteiger charge is -2.38. The Bertz CT molecular complexity index is 1170. The van der Waals surface area contributed by atoms with Gasteiger partial charge < -0.3 is 19.7 Å². The molecule has 0 radical (unpaired) electrons. The second-order valence-corrected chi connectivity index (χ2v) is 9.65. The fourth-order valence-electron chi connectivity index (χ4n) is 5.26. The van der Waals surface area contributed by atoms with E-state index in [1.54, 1.807) is 36.9 Å². The molecule has 5 rings (SSSR count). The van der Waals surface area contributed by atoms with Crippen molar-refractivity contribution < 1.29 is 23.9 Å². The molecule has 0 bridgehead atoms. The highest BCUT2D eigenvalue weighted by molar-refractivity contribution is 9.10. The molecular weight excluding hydrogens is 500 g/mol. The van der Waals surface area contributed by atoms with Gasteiger partial charge in [-0.1, -0.05) is 27.5 Å². The molecule has 0 spiro atoms. The number of amides is 2. The molecule has 2 aromatic carbocycles. The Morgan fingerprint density at radius 3 is 2.84 bits per heavy atom. The number of hydrogen-bond donors (Lipinski definition) is 1. The maximum absolute atomic E-state index is 13.9. The lowest BCUT2D eigenvalue weighted by molar-refractivity contribution is -0.155. The van der Waals surface area contributed by atoms with Crippen molar-refractivity contribution in [1.82, 2.24) is 4.90 Å². The van der Waals surface area contributed by atoms with Gasteiger partial charge in [-0.15, -0.1) is 0 Å². The van der Waals surface area contributed by atoms with Gasteiger partial charge in [0.2, 0.25) is 0 Å². The van der Waals surface area contributed by atoms with Gasteiger partial charge in [0.25, 0.3) is 11.8 Å². The molecular formula is C23H20BrClN2O5. The van der Waals surface area contributed by atoms with Crippen LogP contribution in [-0.4, -0.2) is 41.4 Å². The highest BCUT2D eigenvalue weighted by atomic mass is 79.9. The molecule has 9 heteroatoms. The molecule has 2 amide bonds. The minimum absolute atomic E-state index is 0.164. The van der Waals surface area contributed by atoms with Crippen LogP contribution < -0.4 is 10.1 Å². The number of rotatable bonds is 2. The van der Waals surface area contributed by atoms with E-state index < -0.39 is 35.3 Å². The van der Waals surface area contributed by atoms with Gasteiger partial charge in [-0.3, -0.25) is 14.4 Å². The van der Waals surface area contributed by atoms with Crippen LogP contribution in [0.4, 0.5) is 5.69 Å². The second-order valence-electron chi connectivity index (χ2n) is 8.30. The monoisotopic (exact) mass is 518 g/mol. The SMILES string of the molecule is CCOC(=O)C1C2COc3ccc(Br)cc3C2N2C(=O)c3ccc(Cl)cc3NC(=O)[C@@]12C. The van der Waals surface area contributed by atoms with E-state index >= 15 is 0 Å². The molecule has 1 saturated heterocycles. The highest BCUT2D eigenvalue weighted by Crippen LogP contribution is 2.57. The van der Waals surface area contributed by atoms with Gasteiger partial charge in [0, 0.05) is 21.0 Å². The van der Waals surface area contributed by atoms with Crippen molar-refractivity contribution in [1.29, 1.82) is 0 Å². The first-order chi connectivity index (χ1) is 15.3. The number of esters is 1. The van der Waals surface area contributed by atoms with Gasteiger partial charge in [0.15, 0.2) is 0 Å². The zero-order valence-electron chi connectivity index (χ0n) is 17.4. The minimum Gasteiger partial charge on any atom is -0.493 e. The molecule has 3 unspecified atom stereocenters. The van der Waals surface area contributed by atoms with Gasteiger partial charge >= 0.3 is 5.97 Å². The third kappa shape index (κ3) is 2.89. The predicted molar refractivity (Wildman–Crippen MR) is 121 cm³/mol. The van der Waals surface area contributed by atoms with E-state index in [4.69, 9.17) is 21.1 Å². The summed E-state index contributed by atoms with van der Waals surface area (Å²) in [6, 6.07) is 9.75. The Hall–Kier alpha value is -2.58. The molecule has 4 atom stereocenters. The van der Waals surface area contributed by atoms with Crippen LogP contribution in [0.1, 0.15) is 35.8 Å². The first-order valence-electron chi connectivity index (χ1n) is 10.3. The van der Waals surface area contributed by atoms with Crippen LogP contribution in [0, 0.1) is 11.8 Å². The van der Waals surface area contributed by atoms with Gasteiger partial charge in [-0.05, 0) is 50.2 Å². The summed E-state index contributed by atoms with van der Waals surface area (Å²) < 4.78 is 12.2. The molecule has 0 aromatic heterocycles. The van der Waals surface area contributed by atoms with Crippen LogP contribution in [0.5, 0.6) is 5.75 Å². The van der Waals surface area contributed by atoms with Crippen molar-refractivity contribution in [2.24, 2.45) is 11.8 Å². The van der Waals surface area contributed by atoms with Crippen LogP contribution in [0.2, 0.25) is 5.02 Å². The zero-order chi connectivity index (χ0) is 22.8. The Labute approximate surface area is 198 Å². The van der Waals surface area contributed by atoms with Crippen molar-refractivity contribution >= 4 is 51.0 Å². The number of ether oxygens (including phenoxy) is 2. The number of nitrogens with zero attached hydrogens (tertiary/aromatic N) is 1. The average Bonchev–Trinajstić information content (AvgIpc) is 2.99. The lowest BCUT2D eigenvalue weighted by atomic mass is 9.77. The van der Waals surface area contributed by atoms with Crippen LogP contribution in [0.25, 0.3) is 0 Å². The van der Waals surface area contributed by atoms with E-state index in [0.717, 1.165) is 10.0 Å². The minimum atomic E-state index is -1.49. The Balaban J connectivity index is 1.76. The van der Waals surface area contributed by atoms with E-state index in [9.17, 15) is 14.4 Å². The van der Waals surface area contributed by atoms with E-state index in [-0.39, 0.29) is 19.1 Å². The summed E-state index contributed by atoms with van der Waals surface area (Å²) in [6.07, 6.45) is 0. The summed E-state index contributed by atoms with van der Waals surface area (Å²) in [4.78, 5) is 42.4. The highest BCUT2D eigenvalue weighted by Gasteiger charge is 2.67. The largest absolute Gasteiger partial charge is 0.493 e. The number of carbonyl (C=O) groups is 3. The molecule has 0 aliphatic carbocycles. The van der Waals surface area contributed by atoms with Crippen molar-refractivity contribution in [3.8, 4) is 5.75 Å². The summed E-state index contributed by atoms with van der Waals surface area (Å²) in [6.45, 7) is 3.69. The molecule has 32 heavy (non-hydrogen) atoms. The normalized spacial score (nSPS) is 27.9. The van der Waals surface area contributed by atoms with Gasteiger partial charge in [-0.25, -0.2) is 0 Å². The number of fused-ring (bicyclic) bond motifs is 6. The first-order valence-corrected chi connectivity index (χ1v) is 11.5. The molecule has 3 aliphatic heterocycles. The molecule has 0 saturated carbocycles. The van der Waals surface area contributed by atoms with E-state index in [1.807, 2.05) is 18.2 Å². The Morgan fingerprint density at radius 1 is 1.31 bits per heavy atom. The van der Waals surface area contributed by atoms with Crippen LogP contribution in [0.3, 0.4) is 0 Å². The van der Waals surface area contributed by atoms with Gasteiger partial charge in [0.05, 0.1) is 36.4 Å². The number of anilines is 1. The average molecular weight is 520 g/mol. The first kappa shape index (κ1) is 21.3. The van der Waals surface area contributed by atoms with Crippen LogP contribution in [0.15, 0.2) is 40.9 Å². The second kappa shape index (κ2) is 7.49. The fourth-order valence-corrected chi connectivity index (χ4v) is 5.81. The summed E-state index contributed by atoms with van der Waals surface area (Å²) in [5.41, 5.74) is -0.105. The molecule has 1 fully saturated rings. The lowest BCUT2D eigenvalue weighted by Crippen LogP contribution is -2.57. The summed E-state index contributed by atoms with van der Waals surface area (Å²) >= 11 is 9.61. The number of nitrogens with one attached hydrogen (secondary N) is 1. The summed E-state index contributed by atoms with van der Waals surface area (Å²) in [5, 5.41) is 3.23. The Morgan fingerprint density at radius 2 is 2.09 bits per heavy atom. The van der Waals surface area contributed by atoms with Crippen LogP contribution >= 0.6 is 27.5 Å². The van der Waals surface area contributed by atoms with Crippen molar-refractivity contribution in [2.75, 3.05) is 18.5 Å². The van der Waals surface area contributed by atoms with E-state index in [1.165, 1.54) is 0 Å². The van der Waals surface area contributed by atoms with Gasteiger partial charge in [0.1, 0.15) is 11.3 Å². The number of hydrogen-bond acceptors (Lipinski definition) is 5. The maximum Gasteiger partial charge on any atom is 0.312 e. The molecule has 3 aliphatic rings. The maximum atomic E-state index is 13.9. The van der Waals surface area contributed by atoms with Crippen molar-refractivity contribution in [3.63, 3.8) is 0 Å².